The standard InChI is InChI=1S/C14H17BrN4/c1-4-6-17-14-12(15)10(3)18-13(19-14)11-8-9(2)5-7-16-11/h5,7-8H,4,6H2,1-3H3,(H,17,18,19). The fraction of sp³-hybridized carbons (Fsp3) is 0.357. The van der Waals surface area contributed by atoms with Crippen molar-refractivity contribution in [1.82, 2.24) is 15.0 Å². The Labute approximate surface area is 121 Å². The molecule has 0 spiro atoms. The lowest BCUT2D eigenvalue weighted by molar-refractivity contribution is 0.957. The molecule has 0 amide bonds. The minimum absolute atomic E-state index is 0.656. The minimum Gasteiger partial charge on any atom is -0.369 e. The van der Waals surface area contributed by atoms with Crippen LogP contribution in [0.25, 0.3) is 11.5 Å². The van der Waals surface area contributed by atoms with Crippen molar-refractivity contribution in [3.05, 3.63) is 34.1 Å². The number of aromatic nitrogens is 3. The van der Waals surface area contributed by atoms with Gasteiger partial charge in [-0.2, -0.15) is 0 Å². The van der Waals surface area contributed by atoms with Crippen molar-refractivity contribution in [3.63, 3.8) is 0 Å². The monoisotopic (exact) mass is 320 g/mol. The van der Waals surface area contributed by atoms with Gasteiger partial charge in [-0.1, -0.05) is 6.92 Å². The number of hydrogen-bond acceptors (Lipinski definition) is 4. The van der Waals surface area contributed by atoms with Gasteiger partial charge in [0.15, 0.2) is 5.82 Å². The Hall–Kier alpha value is -1.49. The summed E-state index contributed by atoms with van der Waals surface area (Å²) in [5.41, 5.74) is 2.86. The Kier molecular flexibility index (Phi) is 4.47. The van der Waals surface area contributed by atoms with Crippen molar-refractivity contribution in [3.8, 4) is 11.5 Å². The van der Waals surface area contributed by atoms with Crippen LogP contribution in [0.2, 0.25) is 0 Å². The molecular weight excluding hydrogens is 304 g/mol. The van der Waals surface area contributed by atoms with Crippen molar-refractivity contribution in [2.75, 3.05) is 11.9 Å². The van der Waals surface area contributed by atoms with Crippen LogP contribution in [0.5, 0.6) is 0 Å². The average Bonchev–Trinajstić information content (AvgIpc) is 2.40. The molecule has 19 heavy (non-hydrogen) atoms. The summed E-state index contributed by atoms with van der Waals surface area (Å²) in [4.78, 5) is 13.4. The fourth-order valence-corrected chi connectivity index (χ4v) is 2.01. The predicted molar refractivity (Wildman–Crippen MR) is 81.2 cm³/mol. The van der Waals surface area contributed by atoms with Crippen LogP contribution < -0.4 is 5.32 Å². The van der Waals surface area contributed by atoms with Crippen LogP contribution in [-0.2, 0) is 0 Å². The molecule has 2 aromatic rings. The first-order valence-electron chi connectivity index (χ1n) is 6.33. The first-order valence-corrected chi connectivity index (χ1v) is 7.12. The quantitative estimate of drug-likeness (QED) is 0.932. The molecular formula is C14H17BrN4. The number of nitrogens with zero attached hydrogens (tertiary/aromatic N) is 3. The molecule has 1 N–H and O–H groups in total. The van der Waals surface area contributed by atoms with E-state index < -0.39 is 0 Å². The first kappa shape index (κ1) is 13.9. The van der Waals surface area contributed by atoms with Gasteiger partial charge < -0.3 is 5.32 Å². The van der Waals surface area contributed by atoms with Crippen molar-refractivity contribution in [1.29, 1.82) is 0 Å². The molecule has 0 unspecified atom stereocenters. The molecule has 2 heterocycles. The van der Waals surface area contributed by atoms with Gasteiger partial charge in [-0.05, 0) is 53.9 Å². The first-order chi connectivity index (χ1) is 9.11. The molecule has 0 aliphatic rings. The summed E-state index contributed by atoms with van der Waals surface area (Å²) in [6.07, 6.45) is 2.83. The summed E-state index contributed by atoms with van der Waals surface area (Å²) in [6, 6.07) is 3.96. The van der Waals surface area contributed by atoms with Crippen molar-refractivity contribution >= 4 is 21.7 Å². The van der Waals surface area contributed by atoms with Crippen LogP contribution in [-0.4, -0.2) is 21.5 Å². The molecule has 0 aliphatic heterocycles. The minimum atomic E-state index is 0.656. The Morgan fingerprint density at radius 2 is 2.05 bits per heavy atom. The normalized spacial score (nSPS) is 10.5. The van der Waals surface area contributed by atoms with Gasteiger partial charge >= 0.3 is 0 Å². The summed E-state index contributed by atoms with van der Waals surface area (Å²) in [5, 5.41) is 3.30. The highest BCUT2D eigenvalue weighted by Gasteiger charge is 2.11. The second-order valence-electron chi connectivity index (χ2n) is 4.44. The zero-order valence-corrected chi connectivity index (χ0v) is 13.0. The lowest BCUT2D eigenvalue weighted by Gasteiger charge is -2.10. The molecule has 0 saturated carbocycles. The van der Waals surface area contributed by atoms with Gasteiger partial charge in [0, 0.05) is 12.7 Å². The molecule has 0 aromatic carbocycles. The van der Waals surface area contributed by atoms with Crippen LogP contribution in [0.4, 0.5) is 5.82 Å². The number of rotatable bonds is 4. The average molecular weight is 321 g/mol. The maximum atomic E-state index is 4.55. The molecule has 0 saturated heterocycles. The van der Waals surface area contributed by atoms with E-state index in [1.54, 1.807) is 6.20 Å². The summed E-state index contributed by atoms with van der Waals surface area (Å²) in [7, 11) is 0. The van der Waals surface area contributed by atoms with Gasteiger partial charge in [0.1, 0.15) is 11.5 Å². The Morgan fingerprint density at radius 3 is 2.74 bits per heavy atom. The molecule has 0 atom stereocenters. The zero-order valence-electron chi connectivity index (χ0n) is 11.4. The van der Waals surface area contributed by atoms with E-state index in [2.05, 4.69) is 43.1 Å². The molecule has 100 valence electrons. The third-order valence-electron chi connectivity index (χ3n) is 2.70. The van der Waals surface area contributed by atoms with E-state index in [4.69, 9.17) is 0 Å². The van der Waals surface area contributed by atoms with Crippen LogP contribution in [0.15, 0.2) is 22.8 Å². The summed E-state index contributed by atoms with van der Waals surface area (Å²) >= 11 is 3.52. The third-order valence-corrected chi connectivity index (χ3v) is 3.65. The van der Waals surface area contributed by atoms with Crippen molar-refractivity contribution in [2.24, 2.45) is 0 Å². The van der Waals surface area contributed by atoms with Crippen molar-refractivity contribution in [2.45, 2.75) is 27.2 Å². The number of hydrogen-bond donors (Lipinski definition) is 1. The molecule has 2 aromatic heterocycles. The topological polar surface area (TPSA) is 50.7 Å². The van der Waals surface area contributed by atoms with E-state index in [0.717, 1.165) is 40.2 Å². The number of halogens is 1. The lowest BCUT2D eigenvalue weighted by atomic mass is 10.2. The molecule has 2 rings (SSSR count). The van der Waals surface area contributed by atoms with E-state index in [9.17, 15) is 0 Å². The largest absolute Gasteiger partial charge is 0.369 e. The lowest BCUT2D eigenvalue weighted by Crippen LogP contribution is -2.06. The Balaban J connectivity index is 2.44. The van der Waals surface area contributed by atoms with Gasteiger partial charge in [-0.25, -0.2) is 9.97 Å². The summed E-state index contributed by atoms with van der Waals surface area (Å²) in [5.74, 6) is 1.48. The zero-order chi connectivity index (χ0) is 13.8. The fourth-order valence-electron chi connectivity index (χ4n) is 1.69. The van der Waals surface area contributed by atoms with Crippen LogP contribution in [0.1, 0.15) is 24.6 Å². The third kappa shape index (κ3) is 3.29. The van der Waals surface area contributed by atoms with E-state index in [1.165, 1.54) is 0 Å². The van der Waals surface area contributed by atoms with Crippen LogP contribution in [0.3, 0.4) is 0 Å². The van der Waals surface area contributed by atoms with Gasteiger partial charge in [-0.15, -0.1) is 0 Å². The van der Waals surface area contributed by atoms with E-state index >= 15 is 0 Å². The Bertz CT molecular complexity index is 584. The molecule has 5 heteroatoms. The molecule has 0 fully saturated rings. The highest BCUT2D eigenvalue weighted by molar-refractivity contribution is 9.10. The number of anilines is 1. The molecule has 0 bridgehead atoms. The molecule has 0 aliphatic carbocycles. The van der Waals surface area contributed by atoms with Crippen LogP contribution >= 0.6 is 15.9 Å². The highest BCUT2D eigenvalue weighted by atomic mass is 79.9. The highest BCUT2D eigenvalue weighted by Crippen LogP contribution is 2.26. The summed E-state index contributed by atoms with van der Waals surface area (Å²) < 4.78 is 0.914. The number of pyridine rings is 1. The van der Waals surface area contributed by atoms with Gasteiger partial charge in [0.05, 0.1) is 10.2 Å². The molecule has 4 nitrogen and oxygen atoms in total. The van der Waals surface area contributed by atoms with E-state index in [-0.39, 0.29) is 0 Å². The second-order valence-corrected chi connectivity index (χ2v) is 5.23. The van der Waals surface area contributed by atoms with Gasteiger partial charge in [-0.3, -0.25) is 4.98 Å². The van der Waals surface area contributed by atoms with E-state index in [1.807, 2.05) is 26.0 Å². The number of aryl methyl sites for hydroxylation is 2. The second kappa shape index (κ2) is 6.10. The Morgan fingerprint density at radius 1 is 1.26 bits per heavy atom. The van der Waals surface area contributed by atoms with Gasteiger partial charge in [0.2, 0.25) is 0 Å². The maximum Gasteiger partial charge on any atom is 0.180 e. The van der Waals surface area contributed by atoms with Crippen LogP contribution in [0, 0.1) is 13.8 Å². The van der Waals surface area contributed by atoms with E-state index in [0.29, 0.717) is 5.82 Å². The predicted octanol–water partition coefficient (Wildman–Crippen LogP) is 3.74. The molecule has 0 radical (unpaired) electrons. The maximum absolute atomic E-state index is 4.55. The smallest absolute Gasteiger partial charge is 0.180 e. The SMILES string of the molecule is CCCNc1nc(-c2cc(C)ccn2)nc(C)c1Br. The summed E-state index contributed by atoms with van der Waals surface area (Å²) in [6.45, 7) is 7.00. The van der Waals surface area contributed by atoms with Crippen molar-refractivity contribution < 1.29 is 0 Å². The van der Waals surface area contributed by atoms with Gasteiger partial charge in [0.25, 0.3) is 0 Å². The number of nitrogens with one attached hydrogen (secondary N) is 1.